The largest absolute Gasteiger partial charge is 0.0622 e. The van der Waals surface area contributed by atoms with Crippen molar-refractivity contribution in [2.75, 3.05) is 0 Å². The third-order valence-electron chi connectivity index (χ3n) is 9.86. The highest BCUT2D eigenvalue weighted by Crippen LogP contribution is 2.58. The summed E-state index contributed by atoms with van der Waals surface area (Å²) in [6, 6.07) is 54.2. The average molecular weight is 535 g/mol. The van der Waals surface area contributed by atoms with E-state index in [1.54, 1.807) is 5.56 Å². The topological polar surface area (TPSA) is 0 Å². The van der Waals surface area contributed by atoms with Crippen molar-refractivity contribution in [2.24, 2.45) is 0 Å². The van der Waals surface area contributed by atoms with Crippen molar-refractivity contribution in [1.29, 1.82) is 0 Å². The fourth-order valence-corrected chi connectivity index (χ4v) is 7.81. The monoisotopic (exact) mass is 534 g/mol. The van der Waals surface area contributed by atoms with Gasteiger partial charge in [0.15, 0.2) is 0 Å². The first-order chi connectivity index (χ1) is 20.8. The Morgan fingerprint density at radius 3 is 1.48 bits per heavy atom. The first-order valence-corrected chi connectivity index (χ1v) is 15.2. The SMILES string of the molecule is c1ccc(-c2cccc(-c3c4ccccc4c(-c4ccc5c(c4)-c4ccccc4C4CCC54)c4ccccc34)c2)cc1. The van der Waals surface area contributed by atoms with E-state index in [1.807, 2.05) is 0 Å². The van der Waals surface area contributed by atoms with Gasteiger partial charge in [0, 0.05) is 0 Å². The molecule has 0 aliphatic heterocycles. The molecule has 9 rings (SSSR count). The van der Waals surface area contributed by atoms with Gasteiger partial charge >= 0.3 is 0 Å². The maximum Gasteiger partial charge on any atom is -0.00262 e. The number of hydrogen-bond donors (Lipinski definition) is 0. The summed E-state index contributed by atoms with van der Waals surface area (Å²) < 4.78 is 0. The highest BCUT2D eigenvalue weighted by Gasteiger charge is 2.39. The first-order valence-electron chi connectivity index (χ1n) is 15.2. The van der Waals surface area contributed by atoms with Crippen LogP contribution in [0.2, 0.25) is 0 Å². The molecule has 0 saturated heterocycles. The summed E-state index contributed by atoms with van der Waals surface area (Å²) >= 11 is 0. The zero-order chi connectivity index (χ0) is 27.6. The van der Waals surface area contributed by atoms with Gasteiger partial charge in [-0.1, -0.05) is 133 Å². The number of fused-ring (bicyclic) bond motifs is 8. The molecule has 2 aliphatic rings. The Morgan fingerprint density at radius 2 is 0.833 bits per heavy atom. The lowest BCUT2D eigenvalue weighted by molar-refractivity contribution is 0.343. The van der Waals surface area contributed by atoms with Crippen LogP contribution in [0.25, 0.3) is 66.1 Å². The molecule has 2 unspecified atom stereocenters. The molecular weight excluding hydrogens is 504 g/mol. The molecule has 0 spiro atoms. The lowest BCUT2D eigenvalue weighted by Crippen LogP contribution is -2.26. The van der Waals surface area contributed by atoms with Gasteiger partial charge in [0.2, 0.25) is 0 Å². The molecule has 7 aromatic rings. The van der Waals surface area contributed by atoms with Crippen molar-refractivity contribution in [3.63, 3.8) is 0 Å². The van der Waals surface area contributed by atoms with E-state index in [4.69, 9.17) is 0 Å². The molecule has 42 heavy (non-hydrogen) atoms. The Kier molecular flexibility index (Phi) is 5.25. The van der Waals surface area contributed by atoms with Gasteiger partial charge in [0.1, 0.15) is 0 Å². The average Bonchev–Trinajstić information content (AvgIpc) is 3.04. The molecule has 0 heterocycles. The molecule has 1 fully saturated rings. The van der Waals surface area contributed by atoms with Crippen molar-refractivity contribution in [1.82, 2.24) is 0 Å². The summed E-state index contributed by atoms with van der Waals surface area (Å²) in [5.41, 5.74) is 13.6. The van der Waals surface area contributed by atoms with Crippen LogP contribution in [0.1, 0.15) is 35.8 Å². The normalized spacial score (nSPS) is 16.9. The molecule has 2 aliphatic carbocycles. The summed E-state index contributed by atoms with van der Waals surface area (Å²) in [7, 11) is 0. The second-order valence-corrected chi connectivity index (χ2v) is 12.0. The molecule has 0 aromatic heterocycles. The lowest BCUT2D eigenvalue weighted by atomic mass is 9.61. The molecule has 0 N–H and O–H groups in total. The minimum absolute atomic E-state index is 0.664. The minimum Gasteiger partial charge on any atom is -0.0622 e. The molecule has 0 radical (unpaired) electrons. The lowest BCUT2D eigenvalue weighted by Gasteiger charge is -2.43. The Morgan fingerprint density at radius 1 is 0.333 bits per heavy atom. The van der Waals surface area contributed by atoms with Crippen LogP contribution in [0.15, 0.2) is 146 Å². The number of hydrogen-bond acceptors (Lipinski definition) is 0. The van der Waals surface area contributed by atoms with Crippen LogP contribution < -0.4 is 0 Å². The van der Waals surface area contributed by atoms with E-state index < -0.39 is 0 Å². The van der Waals surface area contributed by atoms with Crippen LogP contribution in [0.3, 0.4) is 0 Å². The summed E-state index contributed by atoms with van der Waals surface area (Å²) in [4.78, 5) is 0. The molecular formula is C42H30. The van der Waals surface area contributed by atoms with E-state index in [1.165, 1.54) is 84.5 Å². The smallest absolute Gasteiger partial charge is 0.00262 e. The molecule has 198 valence electrons. The van der Waals surface area contributed by atoms with Crippen LogP contribution in [0, 0.1) is 0 Å². The third-order valence-corrected chi connectivity index (χ3v) is 9.86. The summed E-state index contributed by atoms with van der Waals surface area (Å²) in [6.45, 7) is 0. The van der Waals surface area contributed by atoms with Crippen LogP contribution >= 0.6 is 0 Å². The van der Waals surface area contributed by atoms with E-state index >= 15 is 0 Å². The quantitative estimate of drug-likeness (QED) is 0.198. The Labute approximate surface area is 246 Å². The maximum absolute atomic E-state index is 2.49. The van der Waals surface area contributed by atoms with E-state index in [9.17, 15) is 0 Å². The van der Waals surface area contributed by atoms with Crippen LogP contribution in [-0.4, -0.2) is 0 Å². The zero-order valence-corrected chi connectivity index (χ0v) is 23.4. The van der Waals surface area contributed by atoms with Gasteiger partial charge in [0.25, 0.3) is 0 Å². The van der Waals surface area contributed by atoms with E-state index in [-0.39, 0.29) is 0 Å². The summed E-state index contributed by atoms with van der Waals surface area (Å²) in [6.07, 6.45) is 2.61. The van der Waals surface area contributed by atoms with Crippen molar-refractivity contribution in [3.8, 4) is 44.5 Å². The van der Waals surface area contributed by atoms with E-state index in [0.29, 0.717) is 11.8 Å². The standard InChI is InChI=1S/C42H30/c1-2-11-27(12-3-1)28-13-10-14-29(25-28)41-36-17-6-8-19-38(36)42(39-20-9-7-18-37(39)41)30-21-22-35-34-24-23-33(34)31-15-4-5-16-32(31)40(35)26-30/h1-22,25-26,33-34H,23-24H2. The van der Waals surface area contributed by atoms with Crippen LogP contribution in [0.5, 0.6) is 0 Å². The highest BCUT2D eigenvalue weighted by molar-refractivity contribution is 6.21. The summed E-state index contributed by atoms with van der Waals surface area (Å²) in [5.74, 6) is 1.35. The van der Waals surface area contributed by atoms with Gasteiger partial charge in [-0.15, -0.1) is 0 Å². The predicted molar refractivity (Wildman–Crippen MR) is 178 cm³/mol. The van der Waals surface area contributed by atoms with Crippen molar-refractivity contribution >= 4 is 21.5 Å². The van der Waals surface area contributed by atoms with Crippen LogP contribution in [-0.2, 0) is 0 Å². The third kappa shape index (κ3) is 3.48. The summed E-state index contributed by atoms with van der Waals surface area (Å²) in [5, 5.41) is 5.21. The molecule has 1 saturated carbocycles. The Balaban J connectivity index is 1.31. The Bertz CT molecular complexity index is 2090. The molecule has 0 nitrogen and oxygen atoms in total. The van der Waals surface area contributed by atoms with Gasteiger partial charge in [0.05, 0.1) is 0 Å². The first kappa shape index (κ1) is 23.7. The zero-order valence-electron chi connectivity index (χ0n) is 23.4. The van der Waals surface area contributed by atoms with Crippen LogP contribution in [0.4, 0.5) is 0 Å². The molecule has 0 amide bonds. The van der Waals surface area contributed by atoms with E-state index in [2.05, 4.69) is 146 Å². The Hall–Kier alpha value is -4.94. The second-order valence-electron chi connectivity index (χ2n) is 12.0. The molecule has 0 heteroatoms. The van der Waals surface area contributed by atoms with Gasteiger partial charge in [-0.25, -0.2) is 0 Å². The predicted octanol–water partition coefficient (Wildman–Crippen LogP) is 11.6. The number of rotatable bonds is 3. The van der Waals surface area contributed by atoms with Crippen molar-refractivity contribution < 1.29 is 0 Å². The molecule has 2 atom stereocenters. The van der Waals surface area contributed by atoms with Crippen molar-refractivity contribution in [2.45, 2.75) is 24.7 Å². The second kappa shape index (κ2) is 9.29. The van der Waals surface area contributed by atoms with Crippen molar-refractivity contribution in [3.05, 3.63) is 157 Å². The van der Waals surface area contributed by atoms with E-state index in [0.717, 1.165) is 0 Å². The van der Waals surface area contributed by atoms with Gasteiger partial charge in [-0.3, -0.25) is 0 Å². The minimum atomic E-state index is 0.664. The fraction of sp³-hybridized carbons (Fsp3) is 0.0952. The molecule has 0 bridgehead atoms. The maximum atomic E-state index is 2.49. The van der Waals surface area contributed by atoms with Gasteiger partial charge < -0.3 is 0 Å². The fourth-order valence-electron chi connectivity index (χ4n) is 7.81. The molecule has 7 aromatic carbocycles. The van der Waals surface area contributed by atoms with Gasteiger partial charge in [-0.05, 0) is 114 Å². The van der Waals surface area contributed by atoms with Gasteiger partial charge in [-0.2, -0.15) is 0 Å². The highest BCUT2D eigenvalue weighted by atomic mass is 14.4. The number of benzene rings is 7.